The Morgan fingerprint density at radius 2 is 1.81 bits per heavy atom. The van der Waals surface area contributed by atoms with Crippen molar-refractivity contribution in [3.63, 3.8) is 0 Å². The Bertz CT molecular complexity index is 651. The molecule has 0 amide bonds. The lowest BCUT2D eigenvalue weighted by atomic mass is 9.51. The predicted octanol–water partition coefficient (Wildman–Crippen LogP) is 4.44. The van der Waals surface area contributed by atoms with E-state index in [2.05, 4.69) is 26.0 Å². The summed E-state index contributed by atoms with van der Waals surface area (Å²) in [6, 6.07) is 0. The van der Waals surface area contributed by atoms with Crippen LogP contribution >= 0.6 is 0 Å². The first-order valence-electron chi connectivity index (χ1n) is 10.6. The number of carbonyl (C=O) groups excluding carboxylic acids is 1. The van der Waals surface area contributed by atoms with Crippen molar-refractivity contribution < 1.29 is 19.0 Å². The van der Waals surface area contributed by atoms with E-state index in [1.165, 1.54) is 12.0 Å². The van der Waals surface area contributed by atoms with Gasteiger partial charge in [-0.15, -0.1) is 0 Å². The van der Waals surface area contributed by atoms with Crippen molar-refractivity contribution in [2.75, 3.05) is 27.1 Å². The number of allylic oxidation sites excluding steroid dienone is 3. The molecule has 0 bridgehead atoms. The Labute approximate surface area is 163 Å². The molecule has 0 aromatic carbocycles. The maximum absolute atomic E-state index is 12.5. The molecule has 4 heteroatoms. The molecule has 5 atom stereocenters. The molecule has 0 saturated heterocycles. The van der Waals surface area contributed by atoms with E-state index in [0.29, 0.717) is 37.6 Å². The number of Topliss-reactive ketones (excluding diaryl/α,β-unsaturated/α-hetero) is 1. The molecule has 0 aliphatic heterocycles. The monoisotopic (exact) mass is 374 g/mol. The highest BCUT2D eigenvalue weighted by Crippen LogP contribution is 2.62. The molecule has 4 aliphatic rings. The van der Waals surface area contributed by atoms with Gasteiger partial charge in [-0.3, -0.25) is 4.79 Å². The molecule has 0 radical (unpaired) electrons. The van der Waals surface area contributed by atoms with Crippen molar-refractivity contribution in [3.05, 3.63) is 23.3 Å². The minimum Gasteiger partial charge on any atom is -0.382 e. The fourth-order valence-electron chi connectivity index (χ4n) is 6.24. The fourth-order valence-corrected chi connectivity index (χ4v) is 6.24. The van der Waals surface area contributed by atoms with Gasteiger partial charge < -0.3 is 14.2 Å². The van der Waals surface area contributed by atoms with Crippen LogP contribution < -0.4 is 0 Å². The van der Waals surface area contributed by atoms with E-state index in [4.69, 9.17) is 14.2 Å². The van der Waals surface area contributed by atoms with Crippen LogP contribution in [-0.4, -0.2) is 39.0 Å². The second kappa shape index (κ2) is 7.46. The summed E-state index contributed by atoms with van der Waals surface area (Å²) in [5.41, 5.74) is 3.26. The summed E-state index contributed by atoms with van der Waals surface area (Å²) in [7, 11) is 1.68. The van der Waals surface area contributed by atoms with E-state index in [9.17, 15) is 4.79 Å². The number of hydrogen-bond acceptors (Lipinski definition) is 4. The van der Waals surface area contributed by atoms with Gasteiger partial charge >= 0.3 is 0 Å². The second-order valence-electron chi connectivity index (χ2n) is 9.35. The number of ketones is 1. The third kappa shape index (κ3) is 3.24. The topological polar surface area (TPSA) is 44.8 Å². The van der Waals surface area contributed by atoms with Gasteiger partial charge in [0.05, 0.1) is 19.3 Å². The van der Waals surface area contributed by atoms with Crippen LogP contribution in [0.15, 0.2) is 23.3 Å². The molecule has 0 unspecified atom stereocenters. The number of hydrogen-bond donors (Lipinski definition) is 0. The van der Waals surface area contributed by atoms with Gasteiger partial charge in [-0.25, -0.2) is 0 Å². The zero-order valence-corrected chi connectivity index (χ0v) is 17.1. The van der Waals surface area contributed by atoms with Crippen LogP contribution in [0.5, 0.6) is 0 Å². The lowest BCUT2D eigenvalue weighted by Crippen LogP contribution is -2.46. The van der Waals surface area contributed by atoms with Gasteiger partial charge in [0.25, 0.3) is 0 Å². The first-order chi connectivity index (χ1) is 13.0. The summed E-state index contributed by atoms with van der Waals surface area (Å²) in [5, 5.41) is 0. The van der Waals surface area contributed by atoms with Crippen LogP contribution in [0.25, 0.3) is 0 Å². The third-order valence-corrected chi connectivity index (χ3v) is 8.05. The second-order valence-corrected chi connectivity index (χ2v) is 9.35. The van der Waals surface area contributed by atoms with E-state index in [-0.39, 0.29) is 16.9 Å². The van der Waals surface area contributed by atoms with E-state index in [1.807, 2.05) is 0 Å². The average molecular weight is 375 g/mol. The highest BCUT2D eigenvalue weighted by Gasteiger charge is 2.56. The summed E-state index contributed by atoms with van der Waals surface area (Å²) >= 11 is 0. The first-order valence-corrected chi connectivity index (χ1v) is 10.6. The molecule has 0 aromatic heterocycles. The molecule has 0 spiro atoms. The number of ether oxygens (including phenoxy) is 3. The molecule has 0 aromatic rings. The Hall–Kier alpha value is -0.970. The largest absolute Gasteiger partial charge is 0.382 e. The van der Waals surface area contributed by atoms with Gasteiger partial charge in [-0.2, -0.15) is 0 Å². The van der Waals surface area contributed by atoms with Gasteiger partial charge in [-0.05, 0) is 55.8 Å². The van der Waals surface area contributed by atoms with Crippen LogP contribution in [0.4, 0.5) is 0 Å². The zero-order chi connectivity index (χ0) is 19.1. The van der Waals surface area contributed by atoms with Crippen molar-refractivity contribution >= 4 is 5.78 Å². The molecule has 27 heavy (non-hydrogen) atoms. The summed E-state index contributed by atoms with van der Waals surface area (Å²) in [6.07, 6.45) is 12.3. The van der Waals surface area contributed by atoms with Crippen LogP contribution in [0, 0.1) is 22.7 Å². The molecule has 150 valence electrons. The maximum Gasteiger partial charge on any atom is 0.147 e. The van der Waals surface area contributed by atoms with Gasteiger partial charge in [0, 0.05) is 18.9 Å². The van der Waals surface area contributed by atoms with Crippen molar-refractivity contribution in [2.45, 2.75) is 64.9 Å². The smallest absolute Gasteiger partial charge is 0.147 e. The molecular formula is C23H34O4. The predicted molar refractivity (Wildman–Crippen MR) is 104 cm³/mol. The van der Waals surface area contributed by atoms with Crippen LogP contribution in [-0.2, 0) is 19.0 Å². The number of rotatable bonds is 6. The Morgan fingerprint density at radius 3 is 2.63 bits per heavy atom. The zero-order valence-electron chi connectivity index (χ0n) is 17.1. The van der Waals surface area contributed by atoms with Crippen LogP contribution in [0.2, 0.25) is 0 Å². The SMILES string of the molecule is COCCOCO[C@H]1CC[C@@]2(C)C(=CC=C3[C@H]4CCC(=O)[C@]4(C)CC[C@@H]32)C1. The van der Waals surface area contributed by atoms with Gasteiger partial charge in [-0.1, -0.05) is 37.1 Å². The molecule has 3 saturated carbocycles. The molecular weight excluding hydrogens is 340 g/mol. The summed E-state index contributed by atoms with van der Waals surface area (Å²) in [5.74, 6) is 1.58. The summed E-state index contributed by atoms with van der Waals surface area (Å²) < 4.78 is 16.5. The Kier molecular flexibility index (Phi) is 5.34. The molecule has 4 rings (SSSR count). The Balaban J connectivity index is 1.45. The third-order valence-electron chi connectivity index (χ3n) is 8.05. The first kappa shape index (κ1) is 19.4. The van der Waals surface area contributed by atoms with E-state index in [1.54, 1.807) is 12.7 Å². The van der Waals surface area contributed by atoms with Crippen LogP contribution in [0.3, 0.4) is 0 Å². The summed E-state index contributed by atoms with van der Waals surface area (Å²) in [6.45, 7) is 6.22. The van der Waals surface area contributed by atoms with Gasteiger partial charge in [0.15, 0.2) is 0 Å². The van der Waals surface area contributed by atoms with E-state index in [0.717, 1.165) is 38.5 Å². The normalized spacial score (nSPS) is 40.7. The van der Waals surface area contributed by atoms with Crippen molar-refractivity contribution in [3.8, 4) is 0 Å². The van der Waals surface area contributed by atoms with Crippen LogP contribution in [0.1, 0.15) is 58.8 Å². The lowest BCUT2D eigenvalue weighted by molar-refractivity contribution is -0.127. The molecule has 3 fully saturated rings. The number of methoxy groups -OCH3 is 1. The highest BCUT2D eigenvalue weighted by atomic mass is 16.7. The summed E-state index contributed by atoms with van der Waals surface area (Å²) in [4.78, 5) is 12.5. The van der Waals surface area contributed by atoms with Gasteiger partial charge in [0.1, 0.15) is 12.6 Å². The Morgan fingerprint density at radius 1 is 1.04 bits per heavy atom. The molecule has 0 heterocycles. The van der Waals surface area contributed by atoms with E-state index < -0.39 is 0 Å². The maximum atomic E-state index is 12.5. The van der Waals surface area contributed by atoms with Crippen molar-refractivity contribution in [1.29, 1.82) is 0 Å². The standard InChI is InChI=1S/C23H34O4/c1-22-10-8-17(27-15-26-13-12-25-3)14-16(22)4-5-18-19-6-7-21(24)23(19,2)11-9-20(18)22/h4-5,17,19-20H,6-15H2,1-3H3/t17-,19+,20-,22-,23+/m0/s1. The molecule has 4 aliphatic carbocycles. The molecule has 0 N–H and O–H groups in total. The minimum absolute atomic E-state index is 0.0934. The minimum atomic E-state index is -0.0934. The lowest BCUT2D eigenvalue weighted by Gasteiger charge is -2.53. The van der Waals surface area contributed by atoms with Gasteiger partial charge in [0.2, 0.25) is 0 Å². The highest BCUT2D eigenvalue weighted by molar-refractivity contribution is 5.88. The quantitative estimate of drug-likeness (QED) is 0.509. The van der Waals surface area contributed by atoms with Crippen molar-refractivity contribution in [1.82, 2.24) is 0 Å². The average Bonchev–Trinajstić information content (AvgIpc) is 2.97. The fraction of sp³-hybridized carbons (Fsp3) is 0.783. The number of fused-ring (bicyclic) bond motifs is 5. The molecule has 4 nitrogen and oxygen atoms in total. The van der Waals surface area contributed by atoms with Crippen molar-refractivity contribution in [2.24, 2.45) is 22.7 Å². The van der Waals surface area contributed by atoms with E-state index >= 15 is 0 Å². The number of carbonyl (C=O) groups is 1.